The second-order valence-corrected chi connectivity index (χ2v) is 4.10. The van der Waals surface area contributed by atoms with Crippen molar-refractivity contribution in [3.8, 4) is 0 Å². The van der Waals surface area contributed by atoms with Gasteiger partial charge in [0, 0.05) is 16.9 Å². The lowest BCUT2D eigenvalue weighted by Gasteiger charge is -2.03. The van der Waals surface area contributed by atoms with Crippen LogP contribution in [-0.2, 0) is 0 Å². The Labute approximate surface area is 96.9 Å². The molecule has 1 aromatic heterocycles. The molecule has 0 fully saturated rings. The number of aromatic nitrogens is 1. The number of anilines is 1. The second-order valence-electron chi connectivity index (χ2n) is 3.18. The molecule has 0 saturated carbocycles. The Bertz CT molecular complexity index is 386. The van der Waals surface area contributed by atoms with Gasteiger partial charge in [0.05, 0.1) is 0 Å². The van der Waals surface area contributed by atoms with Gasteiger partial charge in [0.2, 0.25) is 0 Å². The molecule has 0 aliphatic rings. The minimum Gasteiger partial charge on any atom is -0.314 e. The van der Waals surface area contributed by atoms with E-state index in [0.29, 0.717) is 5.82 Å². The van der Waals surface area contributed by atoms with E-state index in [-0.39, 0.29) is 6.03 Å². The SMILES string of the molecule is CC(C)=CNC(=O)Nc1cc(Br)ccn1. The van der Waals surface area contributed by atoms with Gasteiger partial charge in [0.1, 0.15) is 5.82 Å². The van der Waals surface area contributed by atoms with Gasteiger partial charge >= 0.3 is 6.03 Å². The fourth-order valence-electron chi connectivity index (χ4n) is 0.835. The maximum atomic E-state index is 11.3. The molecule has 4 nitrogen and oxygen atoms in total. The molecule has 0 atom stereocenters. The second kappa shape index (κ2) is 5.50. The van der Waals surface area contributed by atoms with Crippen LogP contribution in [0.25, 0.3) is 0 Å². The summed E-state index contributed by atoms with van der Waals surface area (Å²) < 4.78 is 0.870. The molecule has 0 saturated heterocycles. The van der Waals surface area contributed by atoms with Crippen LogP contribution in [0, 0.1) is 0 Å². The standard InChI is InChI=1S/C10H12BrN3O/c1-7(2)6-13-10(15)14-9-5-8(11)3-4-12-9/h3-6H,1-2H3,(H2,12,13,14,15). The third-order valence-electron chi connectivity index (χ3n) is 1.46. The Morgan fingerprint density at radius 2 is 2.27 bits per heavy atom. The molecule has 0 unspecified atom stereocenters. The van der Waals surface area contributed by atoms with Crippen LogP contribution in [-0.4, -0.2) is 11.0 Å². The molecule has 2 amide bonds. The van der Waals surface area contributed by atoms with Crippen LogP contribution in [0.5, 0.6) is 0 Å². The first-order chi connectivity index (χ1) is 7.08. The summed E-state index contributed by atoms with van der Waals surface area (Å²) in [4.78, 5) is 15.3. The van der Waals surface area contributed by atoms with Gasteiger partial charge in [-0.05, 0) is 26.0 Å². The number of nitrogens with one attached hydrogen (secondary N) is 2. The topological polar surface area (TPSA) is 54.0 Å². The number of hydrogen-bond donors (Lipinski definition) is 2. The summed E-state index contributed by atoms with van der Waals surface area (Å²) in [5.41, 5.74) is 1.02. The molecule has 1 heterocycles. The number of carbonyl (C=O) groups is 1. The first kappa shape index (κ1) is 11.7. The van der Waals surface area contributed by atoms with Gasteiger partial charge in [-0.15, -0.1) is 0 Å². The van der Waals surface area contributed by atoms with Gasteiger partial charge in [-0.2, -0.15) is 0 Å². The number of halogens is 1. The van der Waals surface area contributed by atoms with Crippen molar-refractivity contribution < 1.29 is 4.79 Å². The highest BCUT2D eigenvalue weighted by atomic mass is 79.9. The monoisotopic (exact) mass is 269 g/mol. The minimum atomic E-state index is -0.304. The van der Waals surface area contributed by atoms with Crippen molar-refractivity contribution in [3.63, 3.8) is 0 Å². The van der Waals surface area contributed by atoms with Crippen molar-refractivity contribution in [1.29, 1.82) is 0 Å². The van der Waals surface area contributed by atoms with E-state index in [2.05, 4.69) is 31.5 Å². The average Bonchev–Trinajstić information content (AvgIpc) is 2.15. The zero-order valence-electron chi connectivity index (χ0n) is 8.54. The number of amides is 2. The summed E-state index contributed by atoms with van der Waals surface area (Å²) in [5.74, 6) is 0.504. The smallest absolute Gasteiger partial charge is 0.314 e. The lowest BCUT2D eigenvalue weighted by molar-refractivity contribution is 0.255. The minimum absolute atomic E-state index is 0.304. The number of pyridine rings is 1. The quantitative estimate of drug-likeness (QED) is 0.868. The number of allylic oxidation sites excluding steroid dienone is 1. The molecule has 80 valence electrons. The number of hydrogen-bond acceptors (Lipinski definition) is 2. The average molecular weight is 270 g/mol. The summed E-state index contributed by atoms with van der Waals surface area (Å²) in [6, 6.07) is 3.21. The molecule has 1 aromatic rings. The van der Waals surface area contributed by atoms with Gasteiger partial charge < -0.3 is 5.32 Å². The fraction of sp³-hybridized carbons (Fsp3) is 0.200. The van der Waals surface area contributed by atoms with Crippen LogP contribution < -0.4 is 10.6 Å². The summed E-state index contributed by atoms with van der Waals surface area (Å²) >= 11 is 3.29. The Kier molecular flexibility index (Phi) is 4.30. The number of urea groups is 1. The predicted molar refractivity (Wildman–Crippen MR) is 63.5 cm³/mol. The highest BCUT2D eigenvalue weighted by molar-refractivity contribution is 9.10. The Morgan fingerprint density at radius 1 is 1.53 bits per heavy atom. The van der Waals surface area contributed by atoms with Crippen LogP contribution in [0.15, 0.2) is 34.6 Å². The van der Waals surface area contributed by atoms with Gasteiger partial charge in [-0.1, -0.05) is 21.5 Å². The lowest BCUT2D eigenvalue weighted by Crippen LogP contribution is -2.24. The number of rotatable bonds is 2. The molecule has 0 aromatic carbocycles. The van der Waals surface area contributed by atoms with E-state index in [1.807, 2.05) is 13.8 Å². The van der Waals surface area contributed by atoms with Crippen molar-refractivity contribution in [3.05, 3.63) is 34.6 Å². The Hall–Kier alpha value is -1.36. The van der Waals surface area contributed by atoms with Crippen LogP contribution in [0.3, 0.4) is 0 Å². The molecule has 15 heavy (non-hydrogen) atoms. The summed E-state index contributed by atoms with van der Waals surface area (Å²) in [6.45, 7) is 3.80. The highest BCUT2D eigenvalue weighted by Gasteiger charge is 2.00. The molecule has 0 aliphatic heterocycles. The van der Waals surface area contributed by atoms with E-state index in [4.69, 9.17) is 0 Å². The molecule has 2 N–H and O–H groups in total. The van der Waals surface area contributed by atoms with Crippen LogP contribution in [0.4, 0.5) is 10.6 Å². The van der Waals surface area contributed by atoms with Gasteiger partial charge in [0.25, 0.3) is 0 Å². The van der Waals surface area contributed by atoms with Gasteiger partial charge in [-0.3, -0.25) is 5.32 Å². The van der Waals surface area contributed by atoms with Crippen molar-refractivity contribution in [2.24, 2.45) is 0 Å². The van der Waals surface area contributed by atoms with E-state index < -0.39 is 0 Å². The zero-order chi connectivity index (χ0) is 11.3. The van der Waals surface area contributed by atoms with Crippen LogP contribution >= 0.6 is 15.9 Å². The summed E-state index contributed by atoms with van der Waals surface area (Å²) in [5, 5.41) is 5.19. The molecule has 1 rings (SSSR count). The highest BCUT2D eigenvalue weighted by Crippen LogP contribution is 2.12. The molecule has 0 spiro atoms. The zero-order valence-corrected chi connectivity index (χ0v) is 10.1. The van der Waals surface area contributed by atoms with Crippen LogP contribution in [0.2, 0.25) is 0 Å². The normalized spacial score (nSPS) is 9.27. The first-order valence-corrected chi connectivity index (χ1v) is 5.19. The first-order valence-electron chi connectivity index (χ1n) is 4.40. The number of carbonyl (C=O) groups excluding carboxylic acids is 1. The van der Waals surface area contributed by atoms with Crippen LogP contribution in [0.1, 0.15) is 13.8 Å². The molecule has 5 heteroatoms. The largest absolute Gasteiger partial charge is 0.324 e. The lowest BCUT2D eigenvalue weighted by atomic mass is 10.4. The van der Waals surface area contributed by atoms with E-state index in [0.717, 1.165) is 10.0 Å². The fourth-order valence-corrected chi connectivity index (χ4v) is 1.17. The van der Waals surface area contributed by atoms with E-state index >= 15 is 0 Å². The van der Waals surface area contributed by atoms with Crippen molar-refractivity contribution in [2.75, 3.05) is 5.32 Å². The van der Waals surface area contributed by atoms with E-state index in [9.17, 15) is 4.79 Å². The molecule has 0 bridgehead atoms. The van der Waals surface area contributed by atoms with Gasteiger partial charge in [-0.25, -0.2) is 9.78 Å². The van der Waals surface area contributed by atoms with Crippen molar-refractivity contribution in [2.45, 2.75) is 13.8 Å². The van der Waals surface area contributed by atoms with E-state index in [1.54, 1.807) is 24.5 Å². The predicted octanol–water partition coefficient (Wildman–Crippen LogP) is 2.89. The Balaban J connectivity index is 2.55. The third kappa shape index (κ3) is 4.60. The molecular weight excluding hydrogens is 258 g/mol. The van der Waals surface area contributed by atoms with E-state index in [1.165, 1.54) is 0 Å². The maximum absolute atomic E-state index is 11.3. The number of nitrogens with zero attached hydrogens (tertiary/aromatic N) is 1. The summed E-state index contributed by atoms with van der Waals surface area (Å²) in [7, 11) is 0. The third-order valence-corrected chi connectivity index (χ3v) is 1.95. The maximum Gasteiger partial charge on any atom is 0.324 e. The van der Waals surface area contributed by atoms with Crippen molar-refractivity contribution in [1.82, 2.24) is 10.3 Å². The van der Waals surface area contributed by atoms with Gasteiger partial charge in [0.15, 0.2) is 0 Å². The Morgan fingerprint density at radius 3 is 2.87 bits per heavy atom. The molecule has 0 aliphatic carbocycles. The van der Waals surface area contributed by atoms with Crippen molar-refractivity contribution >= 4 is 27.8 Å². The molecular formula is C10H12BrN3O. The molecule has 0 radical (unpaired) electrons. The summed E-state index contributed by atoms with van der Waals surface area (Å²) in [6.07, 6.45) is 3.24.